The number of fused-ring (bicyclic) bond motifs is 1. The Balaban J connectivity index is 1.40. The zero-order valence-electron chi connectivity index (χ0n) is 16.2. The molecule has 0 amide bonds. The predicted octanol–water partition coefficient (Wildman–Crippen LogP) is 5.16. The molecule has 0 aliphatic carbocycles. The molecule has 5 rings (SSSR count). The fourth-order valence-corrected chi connectivity index (χ4v) is 5.69. The summed E-state index contributed by atoms with van der Waals surface area (Å²) >= 11 is 3.47. The van der Waals surface area contributed by atoms with Crippen molar-refractivity contribution in [3.05, 3.63) is 65.4 Å². The molecular weight excluding hydrogens is 398 g/mol. The Bertz CT molecular complexity index is 1050. The Labute approximate surface area is 178 Å². The maximum atomic E-state index is 4.76. The number of thioether (sulfide) groups is 1. The number of benzene rings is 2. The maximum Gasteiger partial charge on any atom is 0.196 e. The summed E-state index contributed by atoms with van der Waals surface area (Å²) in [5, 5.41) is 11.2. The van der Waals surface area contributed by atoms with Crippen molar-refractivity contribution >= 4 is 33.3 Å². The average molecular weight is 422 g/mol. The lowest BCUT2D eigenvalue weighted by Crippen LogP contribution is -2.30. The van der Waals surface area contributed by atoms with Crippen LogP contribution in [0.1, 0.15) is 30.1 Å². The minimum atomic E-state index is 0.800. The highest BCUT2D eigenvalue weighted by Crippen LogP contribution is 2.30. The highest BCUT2D eigenvalue weighted by atomic mass is 32.2. The molecule has 7 heteroatoms. The number of likely N-dealkylation sites (tertiary alicyclic amines) is 1. The molecule has 0 atom stereocenters. The monoisotopic (exact) mass is 421 g/mol. The van der Waals surface area contributed by atoms with Gasteiger partial charge in [0.15, 0.2) is 11.0 Å². The summed E-state index contributed by atoms with van der Waals surface area (Å²) < 4.78 is 3.45. The predicted molar refractivity (Wildman–Crippen MR) is 120 cm³/mol. The molecule has 3 heterocycles. The molecule has 1 aliphatic heterocycles. The van der Waals surface area contributed by atoms with Gasteiger partial charge in [0.1, 0.15) is 5.01 Å². The minimum absolute atomic E-state index is 0.800. The summed E-state index contributed by atoms with van der Waals surface area (Å²) in [6.45, 7) is 3.15. The van der Waals surface area contributed by atoms with Crippen LogP contribution in [-0.2, 0) is 12.3 Å². The first-order valence-corrected chi connectivity index (χ1v) is 11.9. The molecule has 0 saturated carbocycles. The minimum Gasteiger partial charge on any atom is -0.296 e. The van der Waals surface area contributed by atoms with Crippen molar-refractivity contribution in [1.29, 1.82) is 0 Å². The third-order valence-electron chi connectivity index (χ3n) is 5.19. The molecule has 0 bridgehead atoms. The van der Waals surface area contributed by atoms with Crippen molar-refractivity contribution in [3.63, 3.8) is 0 Å². The van der Waals surface area contributed by atoms with E-state index in [1.54, 1.807) is 23.1 Å². The van der Waals surface area contributed by atoms with Crippen LogP contribution in [0.3, 0.4) is 0 Å². The number of para-hydroxylation sites is 2. The Hall–Kier alpha value is -2.22. The molecular formula is C22H23N5S2. The van der Waals surface area contributed by atoms with Gasteiger partial charge < -0.3 is 0 Å². The summed E-state index contributed by atoms with van der Waals surface area (Å²) in [7, 11) is 0. The van der Waals surface area contributed by atoms with E-state index in [4.69, 9.17) is 4.98 Å². The topological polar surface area (TPSA) is 46.8 Å². The molecule has 148 valence electrons. The van der Waals surface area contributed by atoms with Crippen LogP contribution in [-0.4, -0.2) is 37.7 Å². The third kappa shape index (κ3) is 4.22. The van der Waals surface area contributed by atoms with Crippen molar-refractivity contribution in [2.24, 2.45) is 0 Å². The zero-order chi connectivity index (χ0) is 19.5. The van der Waals surface area contributed by atoms with Crippen molar-refractivity contribution in [2.45, 2.75) is 36.7 Å². The second-order valence-electron chi connectivity index (χ2n) is 7.27. The maximum absolute atomic E-state index is 4.76. The Morgan fingerprint density at radius 3 is 2.52 bits per heavy atom. The molecule has 1 aliphatic rings. The SMILES string of the molecule is c1ccc(-n2c(CN3CCCCC3)nnc2SCc2nc3ccccc3s2)cc1. The van der Waals surface area contributed by atoms with Crippen LogP contribution in [0.25, 0.3) is 15.9 Å². The molecule has 5 nitrogen and oxygen atoms in total. The van der Waals surface area contributed by atoms with E-state index in [0.717, 1.165) is 52.6 Å². The first-order valence-electron chi connectivity index (χ1n) is 10.1. The standard InChI is InChI=1S/C22H23N5S2/c1-3-9-17(10-4-1)27-20(15-26-13-7-2-8-14-26)24-25-22(27)28-16-21-23-18-11-5-6-12-19(18)29-21/h1,3-6,9-12H,2,7-8,13-16H2. The van der Waals surface area contributed by atoms with Gasteiger partial charge in [0.05, 0.1) is 22.5 Å². The molecule has 0 N–H and O–H groups in total. The summed E-state index contributed by atoms with van der Waals surface area (Å²) in [6, 6.07) is 18.8. The van der Waals surface area contributed by atoms with Gasteiger partial charge >= 0.3 is 0 Å². The van der Waals surface area contributed by atoms with Crippen molar-refractivity contribution in [2.75, 3.05) is 13.1 Å². The number of thiazole rings is 1. The van der Waals surface area contributed by atoms with Crippen LogP contribution in [0.2, 0.25) is 0 Å². The summed E-state index contributed by atoms with van der Waals surface area (Å²) in [5.74, 6) is 1.82. The normalized spacial score (nSPS) is 15.2. The molecule has 0 spiro atoms. The van der Waals surface area contributed by atoms with Gasteiger partial charge in [0.25, 0.3) is 0 Å². The Morgan fingerprint density at radius 2 is 1.69 bits per heavy atom. The summed E-state index contributed by atoms with van der Waals surface area (Å²) in [5.41, 5.74) is 2.19. The molecule has 0 radical (unpaired) electrons. The van der Waals surface area contributed by atoms with Gasteiger partial charge in [-0.15, -0.1) is 21.5 Å². The van der Waals surface area contributed by atoms with Crippen LogP contribution in [0, 0.1) is 0 Å². The molecule has 4 aromatic rings. The molecule has 0 unspecified atom stereocenters. The van der Waals surface area contributed by atoms with Crippen LogP contribution < -0.4 is 0 Å². The molecule has 29 heavy (non-hydrogen) atoms. The first kappa shape index (κ1) is 18.8. The molecule has 1 fully saturated rings. The average Bonchev–Trinajstić information content (AvgIpc) is 3.37. The number of hydrogen-bond donors (Lipinski definition) is 0. The summed E-state index contributed by atoms with van der Waals surface area (Å²) in [4.78, 5) is 7.26. The van der Waals surface area contributed by atoms with Gasteiger partial charge in [-0.05, 0) is 50.2 Å². The Morgan fingerprint density at radius 1 is 0.897 bits per heavy atom. The van der Waals surface area contributed by atoms with E-state index in [0.29, 0.717) is 0 Å². The van der Waals surface area contributed by atoms with Crippen molar-refractivity contribution < 1.29 is 0 Å². The van der Waals surface area contributed by atoms with E-state index < -0.39 is 0 Å². The first-order chi connectivity index (χ1) is 14.4. The van der Waals surface area contributed by atoms with E-state index in [-0.39, 0.29) is 0 Å². The second-order valence-corrected chi connectivity index (χ2v) is 9.33. The lowest BCUT2D eigenvalue weighted by Gasteiger charge is -2.26. The van der Waals surface area contributed by atoms with Crippen molar-refractivity contribution in [1.82, 2.24) is 24.6 Å². The number of piperidine rings is 1. The van der Waals surface area contributed by atoms with Gasteiger partial charge in [-0.25, -0.2) is 4.98 Å². The van der Waals surface area contributed by atoms with Gasteiger partial charge in [-0.3, -0.25) is 9.47 Å². The fraction of sp³-hybridized carbons (Fsp3) is 0.318. The number of aromatic nitrogens is 4. The largest absolute Gasteiger partial charge is 0.296 e. The molecule has 2 aromatic carbocycles. The van der Waals surface area contributed by atoms with Crippen LogP contribution >= 0.6 is 23.1 Å². The summed E-state index contributed by atoms with van der Waals surface area (Å²) in [6.07, 6.45) is 3.89. The smallest absolute Gasteiger partial charge is 0.196 e. The third-order valence-corrected chi connectivity index (χ3v) is 7.35. The fourth-order valence-electron chi connectivity index (χ4n) is 3.76. The lowest BCUT2D eigenvalue weighted by molar-refractivity contribution is 0.214. The highest BCUT2D eigenvalue weighted by molar-refractivity contribution is 7.98. The molecule has 1 saturated heterocycles. The van der Waals surface area contributed by atoms with Gasteiger partial charge in [0.2, 0.25) is 0 Å². The quantitative estimate of drug-likeness (QED) is 0.403. The van der Waals surface area contributed by atoms with E-state index in [1.165, 1.54) is 24.0 Å². The number of rotatable bonds is 6. The van der Waals surface area contributed by atoms with Crippen LogP contribution in [0.4, 0.5) is 0 Å². The van der Waals surface area contributed by atoms with Crippen LogP contribution in [0.5, 0.6) is 0 Å². The zero-order valence-corrected chi connectivity index (χ0v) is 17.8. The molecule has 2 aromatic heterocycles. The van der Waals surface area contributed by atoms with Gasteiger partial charge in [-0.2, -0.15) is 0 Å². The number of nitrogens with zero attached hydrogens (tertiary/aromatic N) is 5. The van der Waals surface area contributed by atoms with E-state index in [2.05, 4.69) is 62.1 Å². The van der Waals surface area contributed by atoms with E-state index in [9.17, 15) is 0 Å². The van der Waals surface area contributed by atoms with Crippen molar-refractivity contribution in [3.8, 4) is 5.69 Å². The van der Waals surface area contributed by atoms with Gasteiger partial charge in [0, 0.05) is 5.69 Å². The highest BCUT2D eigenvalue weighted by Gasteiger charge is 2.19. The van der Waals surface area contributed by atoms with E-state index >= 15 is 0 Å². The Kier molecular flexibility index (Phi) is 5.60. The second kappa shape index (κ2) is 8.65. The number of hydrogen-bond acceptors (Lipinski definition) is 6. The van der Waals surface area contributed by atoms with E-state index in [1.807, 2.05) is 12.1 Å². The van der Waals surface area contributed by atoms with Crippen LogP contribution in [0.15, 0.2) is 59.8 Å². The van der Waals surface area contributed by atoms with Gasteiger partial charge in [-0.1, -0.05) is 48.5 Å². The lowest BCUT2D eigenvalue weighted by atomic mass is 10.1.